The highest BCUT2D eigenvalue weighted by molar-refractivity contribution is 5.85. The summed E-state index contributed by atoms with van der Waals surface area (Å²) in [6.45, 7) is 6.73. The lowest BCUT2D eigenvalue weighted by atomic mass is 9.70. The van der Waals surface area contributed by atoms with Crippen molar-refractivity contribution >= 4 is 24.4 Å². The van der Waals surface area contributed by atoms with Crippen molar-refractivity contribution in [3.8, 4) is 0 Å². The third kappa shape index (κ3) is 3.15. The Labute approximate surface area is 144 Å². The number of hydrogen-bond donors (Lipinski definition) is 1. The average molecular weight is 346 g/mol. The van der Waals surface area contributed by atoms with E-state index in [0.29, 0.717) is 50.8 Å². The lowest BCUT2D eigenvalue weighted by molar-refractivity contribution is -0.145. The van der Waals surface area contributed by atoms with Crippen molar-refractivity contribution in [3.05, 3.63) is 0 Å². The second-order valence-corrected chi connectivity index (χ2v) is 6.69. The maximum Gasteiger partial charge on any atom is 0.409 e. The number of halogens is 1. The van der Waals surface area contributed by atoms with Gasteiger partial charge >= 0.3 is 6.09 Å². The molecule has 0 aliphatic carbocycles. The second kappa shape index (κ2) is 7.26. The van der Waals surface area contributed by atoms with Gasteiger partial charge in [-0.25, -0.2) is 4.79 Å². The van der Waals surface area contributed by atoms with E-state index in [0.717, 1.165) is 19.3 Å². The Bertz CT molecular complexity index is 454. The molecule has 3 heterocycles. The Balaban J connectivity index is 0.00000192. The first-order chi connectivity index (χ1) is 10.6. The van der Waals surface area contributed by atoms with Crippen LogP contribution in [0.2, 0.25) is 0 Å². The summed E-state index contributed by atoms with van der Waals surface area (Å²) in [5.41, 5.74) is -0.213. The number of amides is 2. The van der Waals surface area contributed by atoms with E-state index >= 15 is 0 Å². The molecule has 6 nitrogen and oxygen atoms in total. The molecule has 0 aromatic rings. The third-order valence-corrected chi connectivity index (χ3v) is 5.67. The van der Waals surface area contributed by atoms with E-state index in [1.54, 1.807) is 4.90 Å². The first kappa shape index (κ1) is 18.3. The molecular weight excluding hydrogens is 318 g/mol. The van der Waals surface area contributed by atoms with Crippen LogP contribution in [0, 0.1) is 5.41 Å². The minimum atomic E-state index is -0.263. The number of hydrogen-bond acceptors (Lipinski definition) is 4. The lowest BCUT2D eigenvalue weighted by Gasteiger charge is -2.42. The van der Waals surface area contributed by atoms with E-state index in [2.05, 4.69) is 12.2 Å². The molecule has 0 spiro atoms. The quantitative estimate of drug-likeness (QED) is 0.844. The Morgan fingerprint density at radius 3 is 2.26 bits per heavy atom. The fourth-order valence-corrected chi connectivity index (χ4v) is 4.40. The molecule has 7 heteroatoms. The number of piperazine rings is 1. The van der Waals surface area contributed by atoms with Crippen LogP contribution < -0.4 is 5.32 Å². The van der Waals surface area contributed by atoms with Gasteiger partial charge in [0.05, 0.1) is 12.0 Å². The summed E-state index contributed by atoms with van der Waals surface area (Å²) >= 11 is 0. The van der Waals surface area contributed by atoms with E-state index in [9.17, 15) is 9.59 Å². The minimum absolute atomic E-state index is 0. The Kier molecular flexibility index (Phi) is 5.79. The van der Waals surface area contributed by atoms with E-state index < -0.39 is 0 Å². The van der Waals surface area contributed by atoms with Crippen LogP contribution in [0.4, 0.5) is 4.79 Å². The van der Waals surface area contributed by atoms with Gasteiger partial charge in [0, 0.05) is 38.3 Å². The number of nitrogens with zero attached hydrogens (tertiary/aromatic N) is 2. The fraction of sp³-hybridized carbons (Fsp3) is 0.875. The van der Waals surface area contributed by atoms with Crippen molar-refractivity contribution in [1.82, 2.24) is 15.1 Å². The monoisotopic (exact) mass is 345 g/mol. The van der Waals surface area contributed by atoms with Gasteiger partial charge in [0.15, 0.2) is 0 Å². The van der Waals surface area contributed by atoms with Crippen molar-refractivity contribution in [2.75, 3.05) is 32.8 Å². The van der Waals surface area contributed by atoms with Crippen LogP contribution in [-0.2, 0) is 9.53 Å². The molecule has 3 aliphatic rings. The van der Waals surface area contributed by atoms with E-state index in [1.807, 2.05) is 11.8 Å². The number of ether oxygens (including phenoxy) is 1. The Hall–Kier alpha value is -1.01. The van der Waals surface area contributed by atoms with Gasteiger partial charge in [-0.2, -0.15) is 0 Å². The van der Waals surface area contributed by atoms with Gasteiger partial charge in [0.1, 0.15) is 0 Å². The zero-order valence-corrected chi connectivity index (χ0v) is 14.9. The second-order valence-electron chi connectivity index (χ2n) is 6.69. The molecule has 3 saturated heterocycles. The van der Waals surface area contributed by atoms with Crippen LogP contribution in [0.15, 0.2) is 0 Å². The highest BCUT2D eigenvalue weighted by atomic mass is 35.5. The molecule has 0 radical (unpaired) electrons. The number of fused-ring (bicyclic) bond motifs is 2. The van der Waals surface area contributed by atoms with Crippen LogP contribution in [0.3, 0.4) is 0 Å². The molecule has 0 aromatic carbocycles. The molecule has 132 valence electrons. The molecule has 3 atom stereocenters. The van der Waals surface area contributed by atoms with E-state index in [1.165, 1.54) is 6.42 Å². The standard InChI is InChI=1S/C16H27N3O3.ClH/c1-3-16(11-12-5-6-13(16)17-12)14(20)18-7-9-19(10-8-18)15(21)22-4-2;/h12-13,17H,3-11H2,1-2H3;1H/t12-,13+,16+;/m0./s1. The molecule has 23 heavy (non-hydrogen) atoms. The summed E-state index contributed by atoms with van der Waals surface area (Å²) in [7, 11) is 0. The van der Waals surface area contributed by atoms with Crippen LogP contribution in [0.25, 0.3) is 0 Å². The maximum absolute atomic E-state index is 13.1. The number of rotatable bonds is 3. The normalized spacial score (nSPS) is 32.6. The molecule has 1 N–H and O–H groups in total. The van der Waals surface area contributed by atoms with Crippen molar-refractivity contribution < 1.29 is 14.3 Å². The van der Waals surface area contributed by atoms with Crippen molar-refractivity contribution in [1.29, 1.82) is 0 Å². The highest BCUT2D eigenvalue weighted by Crippen LogP contribution is 2.47. The van der Waals surface area contributed by atoms with Crippen molar-refractivity contribution in [2.24, 2.45) is 5.41 Å². The zero-order chi connectivity index (χ0) is 15.7. The summed E-state index contributed by atoms with van der Waals surface area (Å²) in [6.07, 6.45) is 3.94. The number of carbonyl (C=O) groups excluding carboxylic acids is 2. The van der Waals surface area contributed by atoms with Gasteiger partial charge in [-0.1, -0.05) is 6.92 Å². The fourth-order valence-electron chi connectivity index (χ4n) is 4.40. The minimum Gasteiger partial charge on any atom is -0.450 e. The van der Waals surface area contributed by atoms with Crippen LogP contribution in [0.1, 0.15) is 39.5 Å². The van der Waals surface area contributed by atoms with Gasteiger partial charge in [-0.3, -0.25) is 4.79 Å². The smallest absolute Gasteiger partial charge is 0.409 e. The third-order valence-electron chi connectivity index (χ3n) is 5.67. The maximum atomic E-state index is 13.1. The Morgan fingerprint density at radius 2 is 1.78 bits per heavy atom. The van der Waals surface area contributed by atoms with Gasteiger partial charge in [0.25, 0.3) is 0 Å². The van der Waals surface area contributed by atoms with Gasteiger partial charge in [-0.15, -0.1) is 12.4 Å². The zero-order valence-electron chi connectivity index (χ0n) is 14.0. The van der Waals surface area contributed by atoms with Crippen LogP contribution in [-0.4, -0.2) is 66.7 Å². The molecule has 3 rings (SSSR count). The number of nitrogens with one attached hydrogen (secondary N) is 1. The molecular formula is C16H28ClN3O3. The van der Waals surface area contributed by atoms with Gasteiger partial charge in [-0.05, 0) is 32.6 Å². The van der Waals surface area contributed by atoms with Crippen molar-refractivity contribution in [3.63, 3.8) is 0 Å². The molecule has 0 unspecified atom stereocenters. The Morgan fingerprint density at radius 1 is 1.13 bits per heavy atom. The average Bonchev–Trinajstić information content (AvgIpc) is 3.16. The van der Waals surface area contributed by atoms with E-state index in [-0.39, 0.29) is 23.9 Å². The first-order valence-corrected chi connectivity index (χ1v) is 8.58. The summed E-state index contributed by atoms with van der Waals surface area (Å²) in [4.78, 5) is 28.5. The largest absolute Gasteiger partial charge is 0.450 e. The number of carbonyl (C=O) groups is 2. The lowest BCUT2D eigenvalue weighted by Crippen LogP contribution is -2.56. The summed E-state index contributed by atoms with van der Waals surface area (Å²) < 4.78 is 5.03. The summed E-state index contributed by atoms with van der Waals surface area (Å²) in [6, 6.07) is 0.868. The van der Waals surface area contributed by atoms with Crippen molar-refractivity contribution in [2.45, 2.75) is 51.6 Å². The first-order valence-electron chi connectivity index (χ1n) is 8.58. The highest BCUT2D eigenvalue weighted by Gasteiger charge is 2.55. The van der Waals surface area contributed by atoms with Gasteiger partial charge in [0.2, 0.25) is 5.91 Å². The predicted octanol–water partition coefficient (Wildman–Crippen LogP) is 1.63. The molecule has 3 aliphatic heterocycles. The van der Waals surface area contributed by atoms with Gasteiger partial charge < -0.3 is 19.9 Å². The van der Waals surface area contributed by atoms with E-state index in [4.69, 9.17) is 4.74 Å². The predicted molar refractivity (Wildman–Crippen MR) is 89.7 cm³/mol. The molecule has 2 amide bonds. The van der Waals surface area contributed by atoms with Crippen LogP contribution in [0.5, 0.6) is 0 Å². The molecule has 2 bridgehead atoms. The van der Waals surface area contributed by atoms with Crippen LogP contribution >= 0.6 is 12.4 Å². The summed E-state index contributed by atoms with van der Waals surface area (Å²) in [5.74, 6) is 0.290. The SMILES string of the molecule is CCOC(=O)N1CCN(C(=O)[C@]2(CC)C[C@@H]3CC[C@H]2N3)CC1.Cl. The molecule has 0 aromatic heterocycles. The molecule has 3 fully saturated rings. The molecule has 0 saturated carbocycles. The topological polar surface area (TPSA) is 61.9 Å². The summed E-state index contributed by atoms with van der Waals surface area (Å²) in [5, 5.41) is 3.60.